The summed E-state index contributed by atoms with van der Waals surface area (Å²) in [5.74, 6) is -0.523. The Morgan fingerprint density at radius 2 is 2.12 bits per heavy atom. The number of amides is 2. The van der Waals surface area contributed by atoms with Gasteiger partial charge in [-0.3, -0.25) is 14.4 Å². The number of rotatable bonds is 3. The fourth-order valence-electron chi connectivity index (χ4n) is 3.40. The molecule has 1 atom stereocenters. The topological polar surface area (TPSA) is 66.9 Å². The Balaban J connectivity index is 1.74. The normalized spacial score (nSPS) is 20.1. The van der Waals surface area contributed by atoms with Crippen molar-refractivity contribution >= 4 is 23.5 Å². The van der Waals surface area contributed by atoms with Crippen molar-refractivity contribution in [1.29, 1.82) is 0 Å². The van der Waals surface area contributed by atoms with Crippen molar-refractivity contribution < 1.29 is 19.1 Å². The van der Waals surface area contributed by atoms with E-state index in [1.807, 2.05) is 6.07 Å². The van der Waals surface area contributed by atoms with Gasteiger partial charge in [0.15, 0.2) is 0 Å². The van der Waals surface area contributed by atoms with Gasteiger partial charge in [0.1, 0.15) is 0 Å². The minimum atomic E-state index is -0.246. The lowest BCUT2D eigenvalue weighted by Gasteiger charge is -2.31. The van der Waals surface area contributed by atoms with E-state index in [0.717, 1.165) is 24.1 Å². The second-order valence-electron chi connectivity index (χ2n) is 6.32. The van der Waals surface area contributed by atoms with E-state index >= 15 is 0 Å². The molecule has 6 nitrogen and oxygen atoms in total. The number of piperidine rings is 1. The predicted octanol–water partition coefficient (Wildman–Crippen LogP) is 1.62. The molecule has 0 aromatic heterocycles. The van der Waals surface area contributed by atoms with E-state index in [9.17, 15) is 14.4 Å². The Bertz CT molecular complexity index is 686. The van der Waals surface area contributed by atoms with Gasteiger partial charge >= 0.3 is 5.97 Å². The minimum absolute atomic E-state index is 0.0370. The van der Waals surface area contributed by atoms with Gasteiger partial charge in [0.05, 0.1) is 18.9 Å². The van der Waals surface area contributed by atoms with Gasteiger partial charge < -0.3 is 14.5 Å². The van der Waals surface area contributed by atoms with Crippen LogP contribution in [0.25, 0.3) is 0 Å². The maximum absolute atomic E-state index is 12.8. The number of likely N-dealkylation sites (N-methyl/N-ethyl adjacent to an activating group) is 1. The summed E-state index contributed by atoms with van der Waals surface area (Å²) in [7, 11) is 1.74. The highest BCUT2D eigenvalue weighted by atomic mass is 16.5. The number of likely N-dealkylation sites (tertiary alicyclic amines) is 1. The number of benzene rings is 1. The third-order valence-corrected chi connectivity index (χ3v) is 4.73. The molecule has 2 heterocycles. The SMILES string of the molecule is CCOC(=O)C1CCCN(C(=O)c2ccc3c(c2)CC(=O)N3C)C1. The summed E-state index contributed by atoms with van der Waals surface area (Å²) in [5.41, 5.74) is 2.31. The second-order valence-corrected chi connectivity index (χ2v) is 6.32. The highest BCUT2D eigenvalue weighted by Crippen LogP contribution is 2.29. The van der Waals surface area contributed by atoms with Crippen LogP contribution in [0.1, 0.15) is 35.7 Å². The maximum atomic E-state index is 12.8. The van der Waals surface area contributed by atoms with Crippen LogP contribution in [0, 0.1) is 5.92 Å². The molecule has 1 aromatic carbocycles. The highest BCUT2D eigenvalue weighted by Gasteiger charge is 2.31. The first-order valence-electron chi connectivity index (χ1n) is 8.36. The van der Waals surface area contributed by atoms with Crippen molar-refractivity contribution in [2.45, 2.75) is 26.2 Å². The Labute approximate surface area is 141 Å². The Kier molecular flexibility index (Phi) is 4.55. The zero-order chi connectivity index (χ0) is 17.3. The molecule has 24 heavy (non-hydrogen) atoms. The van der Waals surface area contributed by atoms with Crippen LogP contribution in [-0.4, -0.2) is 49.4 Å². The molecule has 2 aliphatic heterocycles. The average molecular weight is 330 g/mol. The molecule has 0 aliphatic carbocycles. The minimum Gasteiger partial charge on any atom is -0.466 e. The van der Waals surface area contributed by atoms with Gasteiger partial charge in [-0.05, 0) is 43.5 Å². The first-order chi connectivity index (χ1) is 11.5. The van der Waals surface area contributed by atoms with Crippen LogP contribution < -0.4 is 4.90 Å². The van der Waals surface area contributed by atoms with Gasteiger partial charge in [0.2, 0.25) is 5.91 Å². The molecule has 1 saturated heterocycles. The summed E-state index contributed by atoms with van der Waals surface area (Å²) in [6.07, 6.45) is 1.88. The predicted molar refractivity (Wildman–Crippen MR) is 88.8 cm³/mol. The fourth-order valence-corrected chi connectivity index (χ4v) is 3.40. The molecule has 2 aliphatic rings. The first-order valence-corrected chi connectivity index (χ1v) is 8.36. The third kappa shape index (κ3) is 3.00. The Morgan fingerprint density at radius 3 is 2.88 bits per heavy atom. The standard InChI is InChI=1S/C18H22N2O4/c1-3-24-18(23)13-5-4-8-20(11-13)17(22)12-6-7-15-14(9-12)10-16(21)19(15)2/h6-7,9,13H,3-5,8,10-11H2,1-2H3. The lowest BCUT2D eigenvalue weighted by atomic mass is 9.97. The van der Waals surface area contributed by atoms with Gasteiger partial charge in [0.25, 0.3) is 5.91 Å². The summed E-state index contributed by atoms with van der Waals surface area (Å²) < 4.78 is 5.08. The smallest absolute Gasteiger partial charge is 0.310 e. The summed E-state index contributed by atoms with van der Waals surface area (Å²) in [6.45, 7) is 3.18. The lowest BCUT2D eigenvalue weighted by Crippen LogP contribution is -2.42. The number of carbonyl (C=O) groups is 3. The largest absolute Gasteiger partial charge is 0.466 e. The van der Waals surface area contributed by atoms with E-state index < -0.39 is 0 Å². The zero-order valence-electron chi connectivity index (χ0n) is 14.1. The molecule has 1 fully saturated rings. The van der Waals surface area contributed by atoms with Crippen molar-refractivity contribution in [3.8, 4) is 0 Å². The van der Waals surface area contributed by atoms with Crippen molar-refractivity contribution in [2.75, 3.05) is 31.6 Å². The number of hydrogen-bond acceptors (Lipinski definition) is 4. The number of hydrogen-bond donors (Lipinski definition) is 0. The summed E-state index contributed by atoms with van der Waals surface area (Å²) in [6, 6.07) is 5.37. The van der Waals surface area contributed by atoms with E-state index in [-0.39, 0.29) is 23.7 Å². The molecular weight excluding hydrogens is 308 g/mol. The average Bonchev–Trinajstić information content (AvgIpc) is 2.88. The quantitative estimate of drug-likeness (QED) is 0.790. The van der Waals surface area contributed by atoms with Crippen LogP contribution >= 0.6 is 0 Å². The summed E-state index contributed by atoms with van der Waals surface area (Å²) >= 11 is 0. The highest BCUT2D eigenvalue weighted by molar-refractivity contribution is 6.03. The molecule has 0 bridgehead atoms. The molecule has 2 amide bonds. The Morgan fingerprint density at radius 1 is 1.33 bits per heavy atom. The van der Waals surface area contributed by atoms with Crippen LogP contribution in [0.3, 0.4) is 0 Å². The molecule has 1 unspecified atom stereocenters. The number of anilines is 1. The molecule has 6 heteroatoms. The van der Waals surface area contributed by atoms with E-state index in [4.69, 9.17) is 4.74 Å². The molecular formula is C18H22N2O4. The van der Waals surface area contributed by atoms with Crippen LogP contribution in [0.15, 0.2) is 18.2 Å². The number of esters is 1. The molecule has 0 radical (unpaired) electrons. The van der Waals surface area contributed by atoms with Crippen LogP contribution in [0.5, 0.6) is 0 Å². The molecule has 128 valence electrons. The summed E-state index contributed by atoms with van der Waals surface area (Å²) in [4.78, 5) is 39.8. The van der Waals surface area contributed by atoms with E-state index in [1.54, 1.807) is 35.9 Å². The first kappa shape index (κ1) is 16.5. The van der Waals surface area contributed by atoms with Crippen molar-refractivity contribution in [3.63, 3.8) is 0 Å². The molecule has 1 aromatic rings. The summed E-state index contributed by atoms with van der Waals surface area (Å²) in [5, 5.41) is 0. The van der Waals surface area contributed by atoms with Crippen molar-refractivity contribution in [3.05, 3.63) is 29.3 Å². The monoisotopic (exact) mass is 330 g/mol. The lowest BCUT2D eigenvalue weighted by molar-refractivity contribution is -0.149. The van der Waals surface area contributed by atoms with Gasteiger partial charge in [0, 0.05) is 31.4 Å². The van der Waals surface area contributed by atoms with Gasteiger partial charge in [-0.2, -0.15) is 0 Å². The third-order valence-electron chi connectivity index (χ3n) is 4.73. The second kappa shape index (κ2) is 6.63. The van der Waals surface area contributed by atoms with Crippen LogP contribution in [0.4, 0.5) is 5.69 Å². The zero-order valence-corrected chi connectivity index (χ0v) is 14.1. The fraction of sp³-hybridized carbons (Fsp3) is 0.500. The van der Waals surface area contributed by atoms with Crippen LogP contribution in [-0.2, 0) is 20.7 Å². The van der Waals surface area contributed by atoms with E-state index in [2.05, 4.69) is 0 Å². The molecule has 0 saturated carbocycles. The Hall–Kier alpha value is -2.37. The number of ether oxygens (including phenoxy) is 1. The van der Waals surface area contributed by atoms with Gasteiger partial charge in [-0.25, -0.2) is 0 Å². The van der Waals surface area contributed by atoms with E-state index in [1.165, 1.54) is 0 Å². The number of carbonyl (C=O) groups excluding carboxylic acids is 3. The van der Waals surface area contributed by atoms with Gasteiger partial charge in [-0.1, -0.05) is 0 Å². The van der Waals surface area contributed by atoms with Crippen molar-refractivity contribution in [2.24, 2.45) is 5.92 Å². The number of nitrogens with zero attached hydrogens (tertiary/aromatic N) is 2. The van der Waals surface area contributed by atoms with Crippen LogP contribution in [0.2, 0.25) is 0 Å². The maximum Gasteiger partial charge on any atom is 0.310 e. The molecule has 0 N–H and O–H groups in total. The number of fused-ring (bicyclic) bond motifs is 1. The van der Waals surface area contributed by atoms with E-state index in [0.29, 0.717) is 31.7 Å². The molecule has 3 rings (SSSR count). The van der Waals surface area contributed by atoms with Gasteiger partial charge in [-0.15, -0.1) is 0 Å². The molecule has 0 spiro atoms. The van der Waals surface area contributed by atoms with Crippen molar-refractivity contribution in [1.82, 2.24) is 4.90 Å².